The second kappa shape index (κ2) is 7.61. The van der Waals surface area contributed by atoms with Crippen molar-refractivity contribution < 1.29 is 4.79 Å². The summed E-state index contributed by atoms with van der Waals surface area (Å²) in [5, 5.41) is 7.62. The molecule has 0 aromatic carbocycles. The van der Waals surface area contributed by atoms with Crippen molar-refractivity contribution in [3.8, 4) is 0 Å². The van der Waals surface area contributed by atoms with Gasteiger partial charge in [0.2, 0.25) is 5.91 Å². The van der Waals surface area contributed by atoms with Gasteiger partial charge in [-0.3, -0.25) is 9.20 Å². The molecule has 0 aliphatic carbocycles. The third-order valence-electron chi connectivity index (χ3n) is 4.56. The average molecular weight is 331 g/mol. The van der Waals surface area contributed by atoms with Crippen molar-refractivity contribution in [2.45, 2.75) is 45.2 Å². The number of aromatic nitrogens is 3. The van der Waals surface area contributed by atoms with Gasteiger partial charge in [0, 0.05) is 25.2 Å². The first-order valence-electron chi connectivity index (χ1n) is 8.75. The van der Waals surface area contributed by atoms with Crippen molar-refractivity contribution in [1.82, 2.24) is 24.4 Å². The average Bonchev–Trinajstić information content (AvgIpc) is 2.95. The van der Waals surface area contributed by atoms with Crippen LogP contribution in [0.15, 0.2) is 29.2 Å². The molecule has 24 heavy (non-hydrogen) atoms. The van der Waals surface area contributed by atoms with Crippen molar-refractivity contribution in [3.63, 3.8) is 0 Å². The Morgan fingerprint density at radius 2 is 2.17 bits per heavy atom. The Bertz CT molecular complexity index is 745. The van der Waals surface area contributed by atoms with E-state index >= 15 is 0 Å². The molecule has 7 heteroatoms. The Morgan fingerprint density at radius 1 is 1.38 bits per heavy atom. The number of hydrogen-bond acceptors (Lipinski definition) is 4. The van der Waals surface area contributed by atoms with E-state index in [2.05, 4.69) is 17.3 Å². The van der Waals surface area contributed by atoms with E-state index in [1.54, 1.807) is 18.3 Å². The zero-order chi connectivity index (χ0) is 16.9. The Labute approximate surface area is 141 Å². The summed E-state index contributed by atoms with van der Waals surface area (Å²) in [5.74, 6) is 0.118. The SMILES string of the molecule is CCCN(C(=O)CCn1nc2ccccn2c1=O)C1CCNCC1. The predicted octanol–water partition coefficient (Wildman–Crippen LogP) is 0.877. The van der Waals surface area contributed by atoms with Crippen LogP contribution in [0.4, 0.5) is 0 Å². The standard InChI is InChI=1S/C17H25N5O2/c1-2-11-20(14-6-9-18-10-7-14)16(23)8-13-22-17(24)21-12-4-3-5-15(21)19-22/h3-5,12,14,18H,2,6-11,13H2,1H3. The maximum Gasteiger partial charge on any atom is 0.350 e. The van der Waals surface area contributed by atoms with Gasteiger partial charge in [-0.05, 0) is 44.5 Å². The van der Waals surface area contributed by atoms with Crippen LogP contribution in [0.1, 0.15) is 32.6 Å². The first kappa shape index (κ1) is 16.7. The molecule has 0 atom stereocenters. The molecule has 2 aromatic rings. The Kier molecular flexibility index (Phi) is 5.30. The number of carbonyl (C=O) groups excluding carboxylic acids is 1. The molecule has 3 heterocycles. The predicted molar refractivity (Wildman–Crippen MR) is 92.0 cm³/mol. The van der Waals surface area contributed by atoms with Gasteiger partial charge in [-0.1, -0.05) is 13.0 Å². The lowest BCUT2D eigenvalue weighted by Gasteiger charge is -2.34. The molecular formula is C17H25N5O2. The summed E-state index contributed by atoms with van der Waals surface area (Å²) in [6, 6.07) is 5.75. The zero-order valence-corrected chi connectivity index (χ0v) is 14.1. The lowest BCUT2D eigenvalue weighted by atomic mass is 10.0. The molecule has 1 N–H and O–H groups in total. The van der Waals surface area contributed by atoms with Crippen molar-refractivity contribution in [2.24, 2.45) is 0 Å². The van der Waals surface area contributed by atoms with E-state index in [0.717, 1.165) is 38.9 Å². The zero-order valence-electron chi connectivity index (χ0n) is 14.1. The van der Waals surface area contributed by atoms with Gasteiger partial charge in [0.05, 0.1) is 6.54 Å². The molecular weight excluding hydrogens is 306 g/mol. The third kappa shape index (κ3) is 3.51. The van der Waals surface area contributed by atoms with E-state index < -0.39 is 0 Å². The molecule has 0 radical (unpaired) electrons. The number of fused-ring (bicyclic) bond motifs is 1. The number of hydrogen-bond donors (Lipinski definition) is 1. The van der Waals surface area contributed by atoms with Crippen LogP contribution < -0.4 is 11.0 Å². The van der Waals surface area contributed by atoms with Gasteiger partial charge in [0.25, 0.3) is 0 Å². The number of pyridine rings is 1. The normalized spacial score (nSPS) is 15.7. The third-order valence-corrected chi connectivity index (χ3v) is 4.56. The van der Waals surface area contributed by atoms with Gasteiger partial charge in [-0.15, -0.1) is 5.10 Å². The molecule has 7 nitrogen and oxygen atoms in total. The Balaban J connectivity index is 1.68. The summed E-state index contributed by atoms with van der Waals surface area (Å²) in [5.41, 5.74) is 0.418. The summed E-state index contributed by atoms with van der Waals surface area (Å²) in [4.78, 5) is 27.0. The molecule has 3 rings (SSSR count). The minimum Gasteiger partial charge on any atom is -0.340 e. The summed E-state index contributed by atoms with van der Waals surface area (Å²) in [6.07, 6.45) is 4.96. The van der Waals surface area contributed by atoms with E-state index in [-0.39, 0.29) is 11.6 Å². The maximum absolute atomic E-state index is 12.7. The maximum atomic E-state index is 12.7. The van der Waals surface area contributed by atoms with Gasteiger partial charge in [-0.2, -0.15) is 0 Å². The largest absolute Gasteiger partial charge is 0.350 e. The molecule has 1 saturated heterocycles. The first-order chi connectivity index (χ1) is 11.7. The quantitative estimate of drug-likeness (QED) is 0.853. The Morgan fingerprint density at radius 3 is 2.88 bits per heavy atom. The molecule has 2 aromatic heterocycles. The van der Waals surface area contributed by atoms with Crippen LogP contribution in [0.3, 0.4) is 0 Å². The van der Waals surface area contributed by atoms with Crippen molar-refractivity contribution in [1.29, 1.82) is 0 Å². The van der Waals surface area contributed by atoms with Crippen LogP contribution in [0.5, 0.6) is 0 Å². The number of amides is 1. The highest BCUT2D eigenvalue weighted by Gasteiger charge is 2.24. The van der Waals surface area contributed by atoms with E-state index in [1.807, 2.05) is 11.0 Å². The van der Waals surface area contributed by atoms with Crippen LogP contribution in [-0.4, -0.2) is 50.7 Å². The molecule has 1 amide bonds. The number of rotatable bonds is 6. The lowest BCUT2D eigenvalue weighted by Crippen LogP contribution is -2.46. The first-order valence-corrected chi connectivity index (χ1v) is 8.75. The molecule has 0 saturated carbocycles. The number of nitrogens with zero attached hydrogens (tertiary/aromatic N) is 4. The van der Waals surface area contributed by atoms with Crippen molar-refractivity contribution in [3.05, 3.63) is 34.9 Å². The molecule has 0 spiro atoms. The minimum absolute atomic E-state index is 0.118. The number of carbonyl (C=O) groups is 1. The summed E-state index contributed by atoms with van der Waals surface area (Å²) in [7, 11) is 0. The number of piperidine rings is 1. The molecule has 1 aliphatic rings. The Hall–Kier alpha value is -2.15. The smallest absolute Gasteiger partial charge is 0.340 e. The van der Waals surface area contributed by atoms with Gasteiger partial charge in [0.1, 0.15) is 0 Å². The number of aryl methyl sites for hydroxylation is 1. The van der Waals surface area contributed by atoms with E-state index in [9.17, 15) is 9.59 Å². The molecule has 0 bridgehead atoms. The van der Waals surface area contributed by atoms with Crippen LogP contribution >= 0.6 is 0 Å². The highest BCUT2D eigenvalue weighted by molar-refractivity contribution is 5.76. The van der Waals surface area contributed by atoms with Gasteiger partial charge < -0.3 is 10.2 Å². The summed E-state index contributed by atoms with van der Waals surface area (Å²) in [6.45, 7) is 5.12. The fourth-order valence-electron chi connectivity index (χ4n) is 3.33. The van der Waals surface area contributed by atoms with Gasteiger partial charge in [0.15, 0.2) is 5.65 Å². The summed E-state index contributed by atoms with van der Waals surface area (Å²) < 4.78 is 2.89. The lowest BCUT2D eigenvalue weighted by molar-refractivity contribution is -0.134. The molecule has 0 unspecified atom stereocenters. The van der Waals surface area contributed by atoms with E-state index in [0.29, 0.717) is 24.7 Å². The highest BCUT2D eigenvalue weighted by Crippen LogP contribution is 2.14. The fourth-order valence-corrected chi connectivity index (χ4v) is 3.33. The topological polar surface area (TPSA) is 71.6 Å². The van der Waals surface area contributed by atoms with Crippen LogP contribution in [0.25, 0.3) is 5.65 Å². The second-order valence-corrected chi connectivity index (χ2v) is 6.25. The van der Waals surface area contributed by atoms with E-state index in [1.165, 1.54) is 9.08 Å². The minimum atomic E-state index is -0.192. The fraction of sp³-hybridized carbons (Fsp3) is 0.588. The van der Waals surface area contributed by atoms with Crippen LogP contribution in [-0.2, 0) is 11.3 Å². The van der Waals surface area contributed by atoms with Crippen LogP contribution in [0, 0.1) is 0 Å². The van der Waals surface area contributed by atoms with Crippen LogP contribution in [0.2, 0.25) is 0 Å². The monoisotopic (exact) mass is 331 g/mol. The highest BCUT2D eigenvalue weighted by atomic mass is 16.2. The second-order valence-electron chi connectivity index (χ2n) is 6.25. The van der Waals surface area contributed by atoms with Gasteiger partial charge in [-0.25, -0.2) is 9.48 Å². The molecule has 1 aliphatic heterocycles. The van der Waals surface area contributed by atoms with Crippen molar-refractivity contribution >= 4 is 11.6 Å². The van der Waals surface area contributed by atoms with E-state index in [4.69, 9.17) is 0 Å². The van der Waals surface area contributed by atoms with Crippen molar-refractivity contribution in [2.75, 3.05) is 19.6 Å². The molecule has 130 valence electrons. The molecule has 1 fully saturated rings. The number of nitrogens with one attached hydrogen (secondary N) is 1. The van der Waals surface area contributed by atoms with Gasteiger partial charge >= 0.3 is 5.69 Å². The summed E-state index contributed by atoms with van der Waals surface area (Å²) >= 11 is 0.